The minimum Gasteiger partial charge on any atom is -0.383 e. The summed E-state index contributed by atoms with van der Waals surface area (Å²) < 4.78 is 27.2. The van der Waals surface area contributed by atoms with Crippen LogP contribution in [-0.2, 0) is 0 Å². The molecular weight excluding hydrogens is 250 g/mol. The lowest BCUT2D eigenvalue weighted by atomic mass is 10.2. The van der Waals surface area contributed by atoms with Gasteiger partial charge >= 0.3 is 0 Å². The van der Waals surface area contributed by atoms with Crippen LogP contribution >= 0.6 is 0 Å². The van der Waals surface area contributed by atoms with Gasteiger partial charge in [0, 0.05) is 12.6 Å². The Bertz CT molecular complexity index is 600. The van der Waals surface area contributed by atoms with E-state index < -0.39 is 17.5 Å². The fourth-order valence-corrected chi connectivity index (χ4v) is 1.66. The number of halogens is 2. The van der Waals surface area contributed by atoms with Crippen molar-refractivity contribution in [3.8, 4) is 0 Å². The maximum atomic E-state index is 13.9. The van der Waals surface area contributed by atoms with Crippen molar-refractivity contribution in [2.45, 2.75) is 0 Å². The van der Waals surface area contributed by atoms with E-state index in [0.29, 0.717) is 5.56 Å². The van der Waals surface area contributed by atoms with Crippen molar-refractivity contribution in [3.05, 3.63) is 59.7 Å². The van der Waals surface area contributed by atoms with Gasteiger partial charge in [-0.15, -0.1) is 0 Å². The van der Waals surface area contributed by atoms with E-state index in [0.717, 1.165) is 6.07 Å². The van der Waals surface area contributed by atoms with E-state index in [1.54, 1.807) is 30.3 Å². The summed E-state index contributed by atoms with van der Waals surface area (Å²) in [4.78, 5) is 11.9. The summed E-state index contributed by atoms with van der Waals surface area (Å²) >= 11 is 0. The van der Waals surface area contributed by atoms with Gasteiger partial charge in [0.05, 0.1) is 5.69 Å². The van der Waals surface area contributed by atoms with Crippen molar-refractivity contribution in [3.63, 3.8) is 0 Å². The van der Waals surface area contributed by atoms with Crippen LogP contribution in [0.1, 0.15) is 10.4 Å². The molecule has 0 spiro atoms. The molecule has 19 heavy (non-hydrogen) atoms. The lowest BCUT2D eigenvalue weighted by Crippen LogP contribution is -2.13. The lowest BCUT2D eigenvalue weighted by Gasteiger charge is -2.10. The summed E-state index contributed by atoms with van der Waals surface area (Å²) in [7, 11) is 1.41. The van der Waals surface area contributed by atoms with Gasteiger partial charge in [-0.1, -0.05) is 18.2 Å². The summed E-state index contributed by atoms with van der Waals surface area (Å²) in [5, 5.41) is 4.82. The van der Waals surface area contributed by atoms with E-state index in [-0.39, 0.29) is 11.4 Å². The molecule has 0 bridgehead atoms. The predicted molar refractivity (Wildman–Crippen MR) is 70.3 cm³/mol. The molecule has 0 radical (unpaired) electrons. The number of rotatable bonds is 3. The van der Waals surface area contributed by atoms with Gasteiger partial charge in [0.25, 0.3) is 5.91 Å². The van der Waals surface area contributed by atoms with E-state index in [1.807, 2.05) is 0 Å². The number of hydrogen-bond acceptors (Lipinski definition) is 2. The maximum absolute atomic E-state index is 13.9. The van der Waals surface area contributed by atoms with Gasteiger partial charge in [-0.2, -0.15) is 0 Å². The second-order valence-electron chi connectivity index (χ2n) is 3.85. The molecule has 2 N–H and O–H groups in total. The molecule has 2 aromatic carbocycles. The SMILES string of the molecule is CNc1c(F)ccc(NC(=O)c2ccccc2)c1F. The topological polar surface area (TPSA) is 41.1 Å². The van der Waals surface area contributed by atoms with Gasteiger partial charge < -0.3 is 10.6 Å². The predicted octanol–water partition coefficient (Wildman–Crippen LogP) is 3.26. The molecule has 0 saturated heterocycles. The third kappa shape index (κ3) is 2.70. The van der Waals surface area contributed by atoms with Crippen molar-refractivity contribution in [2.24, 2.45) is 0 Å². The van der Waals surface area contributed by atoms with E-state index in [9.17, 15) is 13.6 Å². The first-order valence-corrected chi connectivity index (χ1v) is 5.65. The summed E-state index contributed by atoms with van der Waals surface area (Å²) in [5.41, 5.74) is 0.0581. The Kier molecular flexibility index (Phi) is 3.75. The van der Waals surface area contributed by atoms with Gasteiger partial charge in [0.2, 0.25) is 0 Å². The highest BCUT2D eigenvalue weighted by Gasteiger charge is 2.14. The molecule has 3 nitrogen and oxygen atoms in total. The second-order valence-corrected chi connectivity index (χ2v) is 3.85. The number of carbonyl (C=O) groups excluding carboxylic acids is 1. The third-order valence-electron chi connectivity index (χ3n) is 2.63. The molecular formula is C14H12F2N2O. The highest BCUT2D eigenvalue weighted by molar-refractivity contribution is 6.04. The lowest BCUT2D eigenvalue weighted by molar-refractivity contribution is 0.102. The monoisotopic (exact) mass is 262 g/mol. The fraction of sp³-hybridized carbons (Fsp3) is 0.0714. The highest BCUT2D eigenvalue weighted by Crippen LogP contribution is 2.25. The summed E-state index contributed by atoms with van der Waals surface area (Å²) in [6.07, 6.45) is 0. The van der Waals surface area contributed by atoms with E-state index >= 15 is 0 Å². The van der Waals surface area contributed by atoms with Crippen LogP contribution in [0.15, 0.2) is 42.5 Å². The van der Waals surface area contributed by atoms with Crippen LogP contribution in [-0.4, -0.2) is 13.0 Å². The number of nitrogens with one attached hydrogen (secondary N) is 2. The van der Waals surface area contributed by atoms with Gasteiger partial charge in [0.15, 0.2) is 5.82 Å². The first-order valence-electron chi connectivity index (χ1n) is 5.65. The zero-order valence-corrected chi connectivity index (χ0v) is 10.2. The van der Waals surface area contributed by atoms with Gasteiger partial charge in [0.1, 0.15) is 11.5 Å². The third-order valence-corrected chi connectivity index (χ3v) is 2.63. The Hall–Kier alpha value is -2.43. The van der Waals surface area contributed by atoms with Crippen LogP contribution < -0.4 is 10.6 Å². The largest absolute Gasteiger partial charge is 0.383 e. The Morgan fingerprint density at radius 1 is 1.05 bits per heavy atom. The maximum Gasteiger partial charge on any atom is 0.255 e. The van der Waals surface area contributed by atoms with Gasteiger partial charge in [-0.3, -0.25) is 4.79 Å². The second kappa shape index (κ2) is 5.48. The molecule has 98 valence electrons. The van der Waals surface area contributed by atoms with E-state index in [4.69, 9.17) is 0 Å². The number of anilines is 2. The zero-order valence-electron chi connectivity index (χ0n) is 10.2. The molecule has 2 rings (SSSR count). The molecule has 0 atom stereocenters. The Balaban J connectivity index is 2.27. The van der Waals surface area contributed by atoms with E-state index in [1.165, 1.54) is 13.1 Å². The quantitative estimate of drug-likeness (QED) is 0.891. The molecule has 0 aromatic heterocycles. The van der Waals surface area contributed by atoms with Gasteiger partial charge in [-0.05, 0) is 24.3 Å². The number of carbonyl (C=O) groups is 1. The van der Waals surface area contributed by atoms with Crippen molar-refractivity contribution in [1.29, 1.82) is 0 Å². The smallest absolute Gasteiger partial charge is 0.255 e. The minimum atomic E-state index is -0.827. The van der Waals surface area contributed by atoms with Crippen LogP contribution in [0.2, 0.25) is 0 Å². The minimum absolute atomic E-state index is 0.0698. The van der Waals surface area contributed by atoms with E-state index in [2.05, 4.69) is 10.6 Å². The summed E-state index contributed by atoms with van der Waals surface area (Å²) in [5.74, 6) is -1.99. The van der Waals surface area contributed by atoms with Gasteiger partial charge in [-0.25, -0.2) is 8.78 Å². The molecule has 0 aliphatic rings. The molecule has 1 amide bonds. The molecule has 0 unspecified atom stereocenters. The Morgan fingerprint density at radius 2 is 1.74 bits per heavy atom. The van der Waals surface area contributed by atoms with Crippen LogP contribution in [0.5, 0.6) is 0 Å². The zero-order chi connectivity index (χ0) is 13.8. The summed E-state index contributed by atoms with van der Waals surface area (Å²) in [6, 6.07) is 10.7. The number of benzene rings is 2. The summed E-state index contributed by atoms with van der Waals surface area (Å²) in [6.45, 7) is 0. The first kappa shape index (κ1) is 13.0. The molecule has 0 saturated carbocycles. The number of hydrogen-bond donors (Lipinski definition) is 2. The van der Waals surface area contributed by atoms with Crippen molar-refractivity contribution < 1.29 is 13.6 Å². The van der Waals surface area contributed by atoms with Crippen molar-refractivity contribution in [1.82, 2.24) is 0 Å². The normalized spacial score (nSPS) is 10.1. The average Bonchev–Trinajstić information content (AvgIpc) is 2.43. The Labute approximate surface area is 109 Å². The Morgan fingerprint density at radius 3 is 2.37 bits per heavy atom. The molecule has 0 aliphatic heterocycles. The molecule has 0 fully saturated rings. The molecule has 2 aromatic rings. The van der Waals surface area contributed by atoms with Crippen LogP contribution in [0, 0.1) is 11.6 Å². The molecule has 0 heterocycles. The van der Waals surface area contributed by atoms with Crippen molar-refractivity contribution >= 4 is 17.3 Å². The fourth-order valence-electron chi connectivity index (χ4n) is 1.66. The van der Waals surface area contributed by atoms with Crippen molar-refractivity contribution in [2.75, 3.05) is 17.7 Å². The first-order chi connectivity index (χ1) is 9.13. The molecule has 0 aliphatic carbocycles. The standard InChI is InChI=1S/C14H12F2N2O/c1-17-13-10(15)7-8-11(12(13)16)18-14(19)9-5-3-2-4-6-9/h2-8,17H,1H3,(H,18,19). The van der Waals surface area contributed by atoms with Crippen LogP contribution in [0.25, 0.3) is 0 Å². The van der Waals surface area contributed by atoms with Crippen LogP contribution in [0.3, 0.4) is 0 Å². The average molecular weight is 262 g/mol. The molecule has 5 heteroatoms. The number of amides is 1. The van der Waals surface area contributed by atoms with Crippen LogP contribution in [0.4, 0.5) is 20.2 Å². The highest BCUT2D eigenvalue weighted by atomic mass is 19.1.